The summed E-state index contributed by atoms with van der Waals surface area (Å²) < 4.78 is 5.47. The van der Waals surface area contributed by atoms with Gasteiger partial charge in [0.05, 0.1) is 18.2 Å². The predicted octanol–water partition coefficient (Wildman–Crippen LogP) is 3.64. The van der Waals surface area contributed by atoms with E-state index in [1.165, 1.54) is 0 Å². The SMILES string of the molecule is CCOc1ccccc1C(=O)NC(C)c1cccs1. The van der Waals surface area contributed by atoms with Gasteiger partial charge in [0.1, 0.15) is 5.75 Å². The molecule has 0 aliphatic carbocycles. The molecule has 0 aliphatic heterocycles. The van der Waals surface area contributed by atoms with Crippen molar-refractivity contribution in [1.29, 1.82) is 0 Å². The number of carbonyl (C=O) groups is 1. The molecule has 0 saturated carbocycles. The number of amides is 1. The molecule has 2 rings (SSSR count). The Morgan fingerprint density at radius 2 is 2.11 bits per heavy atom. The lowest BCUT2D eigenvalue weighted by Crippen LogP contribution is -2.26. The summed E-state index contributed by atoms with van der Waals surface area (Å²) in [5.41, 5.74) is 0.577. The molecule has 0 bridgehead atoms. The number of ether oxygens (including phenoxy) is 1. The van der Waals surface area contributed by atoms with Gasteiger partial charge < -0.3 is 10.1 Å². The summed E-state index contributed by atoms with van der Waals surface area (Å²) >= 11 is 1.64. The first kappa shape index (κ1) is 13.6. The van der Waals surface area contributed by atoms with E-state index < -0.39 is 0 Å². The lowest BCUT2D eigenvalue weighted by atomic mass is 10.1. The van der Waals surface area contributed by atoms with Crippen molar-refractivity contribution in [2.45, 2.75) is 19.9 Å². The van der Waals surface area contributed by atoms with Crippen molar-refractivity contribution in [3.63, 3.8) is 0 Å². The van der Waals surface area contributed by atoms with Gasteiger partial charge >= 0.3 is 0 Å². The van der Waals surface area contributed by atoms with Gasteiger partial charge in [-0.25, -0.2) is 0 Å². The normalized spacial score (nSPS) is 11.9. The molecule has 0 spiro atoms. The van der Waals surface area contributed by atoms with Crippen LogP contribution in [0.5, 0.6) is 5.75 Å². The van der Waals surface area contributed by atoms with Crippen LogP contribution in [0.4, 0.5) is 0 Å². The van der Waals surface area contributed by atoms with Crippen molar-refractivity contribution in [3.05, 3.63) is 52.2 Å². The van der Waals surface area contributed by atoms with Crippen LogP contribution in [0.25, 0.3) is 0 Å². The molecular formula is C15H17NO2S. The third-order valence-electron chi connectivity index (χ3n) is 2.75. The first-order valence-electron chi connectivity index (χ1n) is 6.28. The molecule has 100 valence electrons. The first-order valence-corrected chi connectivity index (χ1v) is 7.16. The van der Waals surface area contributed by atoms with Crippen molar-refractivity contribution in [2.24, 2.45) is 0 Å². The zero-order chi connectivity index (χ0) is 13.7. The number of hydrogen-bond acceptors (Lipinski definition) is 3. The molecule has 0 radical (unpaired) electrons. The fourth-order valence-electron chi connectivity index (χ4n) is 1.82. The topological polar surface area (TPSA) is 38.3 Å². The van der Waals surface area contributed by atoms with Crippen LogP contribution in [0.3, 0.4) is 0 Å². The third kappa shape index (κ3) is 3.35. The van der Waals surface area contributed by atoms with Gasteiger partial charge in [-0.2, -0.15) is 0 Å². The Morgan fingerprint density at radius 1 is 1.32 bits per heavy atom. The molecule has 1 atom stereocenters. The molecular weight excluding hydrogens is 258 g/mol. The number of hydrogen-bond donors (Lipinski definition) is 1. The highest BCUT2D eigenvalue weighted by atomic mass is 32.1. The van der Waals surface area contributed by atoms with Crippen molar-refractivity contribution in [3.8, 4) is 5.75 Å². The molecule has 2 aromatic rings. The van der Waals surface area contributed by atoms with Gasteiger partial charge in [0, 0.05) is 4.88 Å². The summed E-state index contributed by atoms with van der Waals surface area (Å²) in [5.74, 6) is 0.519. The second-order valence-electron chi connectivity index (χ2n) is 4.14. The molecule has 1 amide bonds. The minimum atomic E-state index is -0.107. The van der Waals surface area contributed by atoms with E-state index in [0.29, 0.717) is 17.9 Å². The van der Waals surface area contributed by atoms with Gasteiger partial charge in [-0.05, 0) is 37.4 Å². The minimum absolute atomic E-state index is 0.00202. The maximum atomic E-state index is 12.3. The Hall–Kier alpha value is -1.81. The van der Waals surface area contributed by atoms with E-state index in [9.17, 15) is 4.79 Å². The van der Waals surface area contributed by atoms with Crippen LogP contribution in [0.2, 0.25) is 0 Å². The van der Waals surface area contributed by atoms with E-state index in [-0.39, 0.29) is 11.9 Å². The monoisotopic (exact) mass is 275 g/mol. The van der Waals surface area contributed by atoms with Crippen LogP contribution in [0.1, 0.15) is 35.1 Å². The molecule has 1 aromatic carbocycles. The largest absolute Gasteiger partial charge is 0.493 e. The second kappa shape index (κ2) is 6.38. The molecule has 1 N–H and O–H groups in total. The summed E-state index contributed by atoms with van der Waals surface area (Å²) in [6.45, 7) is 4.43. The van der Waals surface area contributed by atoms with Crippen molar-refractivity contribution >= 4 is 17.2 Å². The van der Waals surface area contributed by atoms with Crippen LogP contribution in [0, 0.1) is 0 Å². The number of benzene rings is 1. The second-order valence-corrected chi connectivity index (χ2v) is 5.12. The van der Waals surface area contributed by atoms with Gasteiger partial charge in [0.15, 0.2) is 0 Å². The molecule has 0 aliphatic rings. The number of nitrogens with one attached hydrogen (secondary N) is 1. The number of para-hydroxylation sites is 1. The molecule has 0 saturated heterocycles. The first-order chi connectivity index (χ1) is 9.22. The summed E-state index contributed by atoms with van der Waals surface area (Å²) in [7, 11) is 0. The van der Waals surface area contributed by atoms with Crippen molar-refractivity contribution in [1.82, 2.24) is 5.32 Å². The molecule has 1 aromatic heterocycles. The number of carbonyl (C=O) groups excluding carboxylic acids is 1. The van der Waals surface area contributed by atoms with E-state index >= 15 is 0 Å². The third-order valence-corrected chi connectivity index (χ3v) is 3.80. The Kier molecular flexibility index (Phi) is 4.58. The van der Waals surface area contributed by atoms with Crippen molar-refractivity contribution < 1.29 is 9.53 Å². The Labute approximate surface area is 117 Å². The standard InChI is InChI=1S/C15H17NO2S/c1-3-18-13-8-5-4-7-12(13)15(17)16-11(2)14-9-6-10-19-14/h4-11H,3H2,1-2H3,(H,16,17). The van der Waals surface area contributed by atoms with Crippen LogP contribution in [-0.2, 0) is 0 Å². The highest BCUT2D eigenvalue weighted by Crippen LogP contribution is 2.21. The molecule has 4 heteroatoms. The Bertz CT molecular complexity index is 537. The van der Waals surface area contributed by atoms with E-state index in [2.05, 4.69) is 5.32 Å². The highest BCUT2D eigenvalue weighted by molar-refractivity contribution is 7.10. The average Bonchev–Trinajstić information content (AvgIpc) is 2.93. The van der Waals surface area contributed by atoms with Crippen LogP contribution >= 0.6 is 11.3 Å². The zero-order valence-corrected chi connectivity index (χ0v) is 11.9. The van der Waals surface area contributed by atoms with E-state index in [1.807, 2.05) is 49.6 Å². The molecule has 1 unspecified atom stereocenters. The summed E-state index contributed by atoms with van der Waals surface area (Å²) in [6, 6.07) is 11.3. The van der Waals surface area contributed by atoms with E-state index in [4.69, 9.17) is 4.74 Å². The van der Waals surface area contributed by atoms with Gasteiger partial charge in [-0.15, -0.1) is 11.3 Å². The number of thiophene rings is 1. The van der Waals surface area contributed by atoms with Gasteiger partial charge in [0.25, 0.3) is 5.91 Å². The quantitative estimate of drug-likeness (QED) is 0.904. The lowest BCUT2D eigenvalue weighted by Gasteiger charge is -2.14. The van der Waals surface area contributed by atoms with Crippen molar-refractivity contribution in [2.75, 3.05) is 6.61 Å². The van der Waals surface area contributed by atoms with Crippen LogP contribution in [-0.4, -0.2) is 12.5 Å². The molecule has 1 heterocycles. The smallest absolute Gasteiger partial charge is 0.255 e. The predicted molar refractivity (Wildman–Crippen MR) is 77.8 cm³/mol. The fraction of sp³-hybridized carbons (Fsp3) is 0.267. The lowest BCUT2D eigenvalue weighted by molar-refractivity contribution is 0.0936. The molecule has 3 nitrogen and oxygen atoms in total. The van der Waals surface area contributed by atoms with Gasteiger partial charge in [-0.1, -0.05) is 18.2 Å². The van der Waals surface area contributed by atoms with Crippen LogP contribution < -0.4 is 10.1 Å². The molecule has 0 fully saturated rings. The van der Waals surface area contributed by atoms with E-state index in [1.54, 1.807) is 17.4 Å². The van der Waals surface area contributed by atoms with E-state index in [0.717, 1.165) is 4.88 Å². The summed E-state index contributed by atoms with van der Waals surface area (Å²) in [4.78, 5) is 13.4. The average molecular weight is 275 g/mol. The highest BCUT2D eigenvalue weighted by Gasteiger charge is 2.15. The Balaban J connectivity index is 2.11. The minimum Gasteiger partial charge on any atom is -0.493 e. The Morgan fingerprint density at radius 3 is 2.79 bits per heavy atom. The zero-order valence-electron chi connectivity index (χ0n) is 11.1. The van der Waals surface area contributed by atoms with Crippen LogP contribution in [0.15, 0.2) is 41.8 Å². The van der Waals surface area contributed by atoms with Gasteiger partial charge in [0.2, 0.25) is 0 Å². The van der Waals surface area contributed by atoms with Gasteiger partial charge in [-0.3, -0.25) is 4.79 Å². The molecule has 19 heavy (non-hydrogen) atoms. The summed E-state index contributed by atoms with van der Waals surface area (Å²) in [5, 5.41) is 4.99. The summed E-state index contributed by atoms with van der Waals surface area (Å²) in [6.07, 6.45) is 0. The number of rotatable bonds is 5. The fourth-order valence-corrected chi connectivity index (χ4v) is 2.55. The maximum absolute atomic E-state index is 12.3. The maximum Gasteiger partial charge on any atom is 0.255 e.